The number of benzene rings is 3. The molecule has 0 fully saturated rings. The zero-order valence-corrected chi connectivity index (χ0v) is 25.1. The third kappa shape index (κ3) is 7.40. The van der Waals surface area contributed by atoms with Crippen molar-refractivity contribution in [1.29, 1.82) is 10.8 Å². The highest BCUT2D eigenvalue weighted by Crippen LogP contribution is 2.35. The summed E-state index contributed by atoms with van der Waals surface area (Å²) in [5.74, 6) is 0.699. The van der Waals surface area contributed by atoms with Gasteiger partial charge >= 0.3 is 6.09 Å². The molecule has 0 saturated heterocycles. The lowest BCUT2D eigenvalue weighted by Crippen LogP contribution is -2.37. The molecule has 2 aromatic heterocycles. The first kappa shape index (κ1) is 32.8. The maximum Gasteiger partial charge on any atom is 0.408 e. The van der Waals surface area contributed by atoms with E-state index < -0.39 is 12.1 Å². The Morgan fingerprint density at radius 1 is 0.953 bits per heavy atom. The van der Waals surface area contributed by atoms with Crippen LogP contribution in [0.1, 0.15) is 46.2 Å². The molecule has 0 spiro atoms. The maximum atomic E-state index is 12.8. The van der Waals surface area contributed by atoms with E-state index >= 15 is 0 Å². The molecule has 0 saturated carbocycles. The van der Waals surface area contributed by atoms with Crippen LogP contribution in [0.25, 0.3) is 21.9 Å². The first-order valence-corrected chi connectivity index (χ1v) is 13.3. The van der Waals surface area contributed by atoms with E-state index in [0.717, 1.165) is 50.1 Å². The second-order valence-electron chi connectivity index (χ2n) is 10.1. The van der Waals surface area contributed by atoms with Gasteiger partial charge in [-0.15, -0.1) is 24.8 Å². The third-order valence-corrected chi connectivity index (χ3v) is 7.17. The summed E-state index contributed by atoms with van der Waals surface area (Å²) in [5.41, 5.74) is 17.7. The van der Waals surface area contributed by atoms with Crippen LogP contribution in [0.3, 0.4) is 0 Å². The predicted octanol–water partition coefficient (Wildman–Crippen LogP) is 5.73. The minimum absolute atomic E-state index is 0. The molecule has 1 unspecified atom stereocenters. The van der Waals surface area contributed by atoms with Crippen LogP contribution >= 0.6 is 24.8 Å². The number of nitrogens with one attached hydrogen (secondary N) is 3. The van der Waals surface area contributed by atoms with E-state index in [0.29, 0.717) is 18.4 Å². The van der Waals surface area contributed by atoms with Gasteiger partial charge in [-0.2, -0.15) is 0 Å². The molecule has 0 aliphatic rings. The van der Waals surface area contributed by atoms with Crippen molar-refractivity contribution in [2.75, 3.05) is 6.54 Å². The second-order valence-corrected chi connectivity index (χ2v) is 10.1. The number of nitrogens with zero attached hydrogens (tertiary/aromatic N) is 3. The number of nitrogen functional groups attached to an aromatic ring is 1. The lowest BCUT2D eigenvalue weighted by atomic mass is 9.91. The van der Waals surface area contributed by atoms with Crippen LogP contribution < -0.4 is 11.5 Å². The van der Waals surface area contributed by atoms with E-state index in [1.807, 2.05) is 79.7 Å². The summed E-state index contributed by atoms with van der Waals surface area (Å²) in [7, 11) is 0. The summed E-state index contributed by atoms with van der Waals surface area (Å²) >= 11 is 0. The molecule has 1 atom stereocenters. The lowest BCUT2D eigenvalue weighted by Gasteiger charge is -2.31. The van der Waals surface area contributed by atoms with Crippen molar-refractivity contribution in [3.8, 4) is 0 Å². The van der Waals surface area contributed by atoms with Gasteiger partial charge in [0.2, 0.25) is 0 Å². The summed E-state index contributed by atoms with van der Waals surface area (Å²) in [4.78, 5) is 26.9. The van der Waals surface area contributed by atoms with Crippen LogP contribution in [-0.2, 0) is 12.8 Å². The summed E-state index contributed by atoms with van der Waals surface area (Å²) in [6, 6.07) is 22.4. The fraction of sp³-hybridized carbons (Fsp3) is 0.194. The summed E-state index contributed by atoms with van der Waals surface area (Å²) in [6.45, 7) is 1.92. The number of amides is 1. The van der Waals surface area contributed by atoms with Crippen LogP contribution in [0.4, 0.5) is 4.79 Å². The minimum atomic E-state index is -1.12. The first-order valence-electron chi connectivity index (χ1n) is 13.3. The highest BCUT2D eigenvalue weighted by atomic mass is 35.5. The Kier molecular flexibility index (Phi) is 10.7. The van der Waals surface area contributed by atoms with Crippen LogP contribution in [0.5, 0.6) is 0 Å². The van der Waals surface area contributed by atoms with Crippen molar-refractivity contribution in [2.24, 2.45) is 11.5 Å². The number of halogens is 2. The molecular weight excluding hydrogens is 587 g/mol. The molecule has 5 rings (SSSR count). The highest BCUT2D eigenvalue weighted by molar-refractivity contribution is 5.94. The first-order chi connectivity index (χ1) is 19.7. The molecule has 224 valence electrons. The van der Waals surface area contributed by atoms with Crippen molar-refractivity contribution < 1.29 is 9.90 Å². The number of rotatable bonds is 10. The van der Waals surface area contributed by atoms with Crippen molar-refractivity contribution in [3.05, 3.63) is 107 Å². The van der Waals surface area contributed by atoms with Gasteiger partial charge in [-0.05, 0) is 55.2 Å². The van der Waals surface area contributed by atoms with Gasteiger partial charge in [-0.25, -0.2) is 9.78 Å². The van der Waals surface area contributed by atoms with E-state index in [1.165, 1.54) is 4.90 Å². The summed E-state index contributed by atoms with van der Waals surface area (Å²) < 4.78 is 0. The number of aryl methyl sites for hydroxylation is 3. The van der Waals surface area contributed by atoms with Crippen molar-refractivity contribution in [3.63, 3.8) is 0 Å². The van der Waals surface area contributed by atoms with Crippen LogP contribution in [0.2, 0.25) is 0 Å². The van der Waals surface area contributed by atoms with Crippen molar-refractivity contribution in [2.45, 2.75) is 32.2 Å². The number of carboxylic acid groups (broad SMARTS) is 1. The summed E-state index contributed by atoms with van der Waals surface area (Å²) in [5, 5.41) is 26.7. The van der Waals surface area contributed by atoms with E-state index in [-0.39, 0.29) is 49.5 Å². The normalized spacial score (nSPS) is 11.4. The average Bonchev–Trinajstić information content (AvgIpc) is 3.32. The number of para-hydroxylation sites is 1. The van der Waals surface area contributed by atoms with Crippen LogP contribution in [-0.4, -0.2) is 49.3 Å². The molecule has 0 aliphatic heterocycles. The quantitative estimate of drug-likeness (QED) is 0.0855. The summed E-state index contributed by atoms with van der Waals surface area (Å²) in [6.07, 6.45) is 0.195. The maximum absolute atomic E-state index is 12.8. The molecule has 0 radical (unpaired) electrons. The van der Waals surface area contributed by atoms with Crippen molar-refractivity contribution in [1.82, 2.24) is 19.9 Å². The number of nitrogens with two attached hydrogens (primary N) is 2. The van der Waals surface area contributed by atoms with Gasteiger partial charge in [0.15, 0.2) is 0 Å². The molecule has 12 heteroatoms. The molecule has 0 aliphatic carbocycles. The Hall–Kier alpha value is -4.67. The number of imidazole rings is 1. The molecule has 5 aromatic rings. The largest absolute Gasteiger partial charge is 0.465 e. The molecule has 0 bridgehead atoms. The fourth-order valence-corrected chi connectivity index (χ4v) is 5.15. The number of aromatic amines is 1. The van der Waals surface area contributed by atoms with Gasteiger partial charge in [0.25, 0.3) is 0 Å². The molecule has 3 aromatic carbocycles. The molecule has 8 N–H and O–H groups in total. The number of carbonyl (C=O) groups is 1. The van der Waals surface area contributed by atoms with Gasteiger partial charge in [0.1, 0.15) is 11.7 Å². The molecule has 43 heavy (non-hydrogen) atoms. The van der Waals surface area contributed by atoms with Gasteiger partial charge in [0.05, 0.1) is 28.4 Å². The second kappa shape index (κ2) is 14.0. The fourth-order valence-electron chi connectivity index (χ4n) is 5.15. The zero-order chi connectivity index (χ0) is 29.1. The number of pyridine rings is 1. The number of amidine groups is 2. The van der Waals surface area contributed by atoms with Crippen molar-refractivity contribution >= 4 is 64.5 Å². The Bertz CT molecular complexity index is 1770. The van der Waals surface area contributed by atoms with Crippen LogP contribution in [0, 0.1) is 17.7 Å². The van der Waals surface area contributed by atoms with E-state index in [2.05, 4.69) is 9.97 Å². The van der Waals surface area contributed by atoms with Crippen LogP contribution in [0.15, 0.2) is 72.8 Å². The van der Waals surface area contributed by atoms with E-state index in [1.54, 1.807) is 0 Å². The highest BCUT2D eigenvalue weighted by Gasteiger charge is 2.30. The number of fused-ring (bicyclic) bond motifs is 2. The minimum Gasteiger partial charge on any atom is -0.465 e. The number of hydrogen-bond donors (Lipinski definition) is 6. The average molecular weight is 622 g/mol. The SMILES string of the molecule is Cc1nc2cc(C(c3cc4ccccc4nc3CCc3ccc(C(=N)N)cc3)N(CCC(=N)N)C(=O)O)ccc2[nH]1.Cl.Cl. The predicted molar refractivity (Wildman–Crippen MR) is 175 cm³/mol. The van der Waals surface area contributed by atoms with Gasteiger partial charge in [-0.3, -0.25) is 20.7 Å². The topological polar surface area (TPSA) is 182 Å². The Morgan fingerprint density at radius 2 is 1.67 bits per heavy atom. The number of aromatic nitrogens is 3. The Morgan fingerprint density at radius 3 is 2.35 bits per heavy atom. The zero-order valence-electron chi connectivity index (χ0n) is 23.5. The third-order valence-electron chi connectivity index (χ3n) is 7.17. The molecule has 10 nitrogen and oxygen atoms in total. The number of hydrogen-bond acceptors (Lipinski definition) is 5. The van der Waals surface area contributed by atoms with E-state index in [9.17, 15) is 9.90 Å². The van der Waals surface area contributed by atoms with Gasteiger partial charge in [0, 0.05) is 35.2 Å². The van der Waals surface area contributed by atoms with Gasteiger partial charge in [-0.1, -0.05) is 48.5 Å². The Balaban J connectivity index is 0.00000253. The number of H-pyrrole nitrogens is 1. The lowest BCUT2D eigenvalue weighted by molar-refractivity contribution is 0.133. The standard InChI is InChI=1S/C31H32N8O2.2ClH/c1-18-36-26-13-11-22(17-27(26)37-18)29(39(31(40)41)15-14-28(32)33)23-16-21-4-2-3-5-24(21)38-25(23)12-8-19-6-9-20(10-7-19)30(34)35;;/h2-7,9-11,13,16-17,29H,8,12,14-15H2,1H3,(H3,32,33)(H3,34,35)(H,36,37)(H,40,41);2*1H. The molecular formula is C31H34Cl2N8O2. The van der Waals surface area contributed by atoms with Gasteiger partial charge < -0.3 is 21.6 Å². The smallest absolute Gasteiger partial charge is 0.408 e. The van der Waals surface area contributed by atoms with E-state index in [4.69, 9.17) is 27.3 Å². The monoisotopic (exact) mass is 620 g/mol. The molecule has 1 amide bonds. The Labute approximate surface area is 261 Å². The molecule has 2 heterocycles.